The van der Waals surface area contributed by atoms with E-state index in [9.17, 15) is 13.6 Å². The van der Waals surface area contributed by atoms with Crippen molar-refractivity contribution in [1.82, 2.24) is 5.32 Å². The third-order valence-corrected chi connectivity index (χ3v) is 2.58. The van der Waals surface area contributed by atoms with Crippen molar-refractivity contribution in [2.24, 2.45) is 0 Å². The number of carbonyl (C=O) groups excluding carboxylic acids is 1. The van der Waals surface area contributed by atoms with Crippen LogP contribution >= 0.6 is 0 Å². The second-order valence-electron chi connectivity index (χ2n) is 3.90. The maximum atomic E-state index is 12.1. The van der Waals surface area contributed by atoms with Crippen molar-refractivity contribution in [3.63, 3.8) is 0 Å². The molecule has 0 bridgehead atoms. The van der Waals surface area contributed by atoms with Gasteiger partial charge in [-0.2, -0.15) is 0 Å². The van der Waals surface area contributed by atoms with Gasteiger partial charge < -0.3 is 25.6 Å². The van der Waals surface area contributed by atoms with Crippen LogP contribution < -0.4 is 20.5 Å². The Balaban J connectivity index is 2.92. The predicted molar refractivity (Wildman–Crippen MR) is 68.3 cm³/mol. The SMILES string of the molecule is COc1cc(OC)c(N)c(C(=O)NCC(O)C(F)F)c1. The molecule has 0 saturated heterocycles. The predicted octanol–water partition coefficient (Wildman–Crippen LogP) is 0.642. The standard InChI is InChI=1S/C12H16F2N2O4/c1-19-6-3-7(10(15)9(4-6)20-2)12(18)16-5-8(17)11(13)14/h3-4,8,11,17H,5,15H2,1-2H3,(H,16,18). The number of nitrogens with two attached hydrogens (primary N) is 1. The highest BCUT2D eigenvalue weighted by atomic mass is 19.3. The lowest BCUT2D eigenvalue weighted by molar-refractivity contribution is -0.00270. The van der Waals surface area contributed by atoms with Crippen molar-refractivity contribution >= 4 is 11.6 Å². The average molecular weight is 290 g/mol. The number of rotatable bonds is 6. The molecule has 0 fully saturated rings. The summed E-state index contributed by atoms with van der Waals surface area (Å²) in [6.45, 7) is -0.588. The molecule has 1 atom stereocenters. The molecule has 1 unspecified atom stereocenters. The Morgan fingerprint density at radius 1 is 1.40 bits per heavy atom. The number of ether oxygens (including phenoxy) is 2. The molecule has 0 aliphatic carbocycles. The summed E-state index contributed by atoms with van der Waals surface area (Å²) in [7, 11) is 2.76. The highest BCUT2D eigenvalue weighted by Gasteiger charge is 2.20. The molecule has 6 nitrogen and oxygen atoms in total. The van der Waals surface area contributed by atoms with Crippen LogP contribution in [0.5, 0.6) is 11.5 Å². The van der Waals surface area contributed by atoms with Crippen LogP contribution in [-0.4, -0.2) is 44.3 Å². The maximum Gasteiger partial charge on any atom is 0.265 e. The summed E-state index contributed by atoms with van der Waals surface area (Å²) in [5.74, 6) is -0.154. The molecule has 112 valence electrons. The number of aliphatic hydroxyl groups is 1. The first-order valence-electron chi connectivity index (χ1n) is 5.66. The van der Waals surface area contributed by atoms with Crippen molar-refractivity contribution < 1.29 is 28.2 Å². The van der Waals surface area contributed by atoms with E-state index in [-0.39, 0.29) is 17.0 Å². The van der Waals surface area contributed by atoms with Crippen molar-refractivity contribution in [1.29, 1.82) is 0 Å². The van der Waals surface area contributed by atoms with Gasteiger partial charge in [-0.15, -0.1) is 0 Å². The van der Waals surface area contributed by atoms with Crippen LogP contribution in [0.3, 0.4) is 0 Å². The number of methoxy groups -OCH3 is 2. The number of nitrogens with one attached hydrogen (secondary N) is 1. The number of aliphatic hydroxyl groups excluding tert-OH is 1. The van der Waals surface area contributed by atoms with Gasteiger partial charge in [-0.3, -0.25) is 4.79 Å². The van der Waals surface area contributed by atoms with E-state index in [0.29, 0.717) is 5.75 Å². The van der Waals surface area contributed by atoms with Crippen LogP contribution in [0.25, 0.3) is 0 Å². The molecule has 1 aromatic carbocycles. The molecule has 1 aromatic rings. The molecule has 0 aromatic heterocycles. The molecule has 1 amide bonds. The highest BCUT2D eigenvalue weighted by molar-refractivity contribution is 6.00. The molecule has 0 aliphatic heterocycles. The number of halogens is 2. The van der Waals surface area contributed by atoms with Gasteiger partial charge in [0, 0.05) is 12.6 Å². The lowest BCUT2D eigenvalue weighted by Crippen LogP contribution is -2.36. The van der Waals surface area contributed by atoms with Gasteiger partial charge in [0.05, 0.1) is 25.5 Å². The number of carbonyl (C=O) groups is 1. The molecule has 1 rings (SSSR count). The second-order valence-corrected chi connectivity index (χ2v) is 3.90. The normalized spacial score (nSPS) is 12.1. The van der Waals surface area contributed by atoms with Gasteiger partial charge in [-0.25, -0.2) is 8.78 Å². The van der Waals surface area contributed by atoms with Crippen molar-refractivity contribution in [3.8, 4) is 11.5 Å². The molecule has 0 radical (unpaired) electrons. The number of alkyl halides is 2. The van der Waals surface area contributed by atoms with Gasteiger partial charge in [0.25, 0.3) is 12.3 Å². The molecule has 0 spiro atoms. The molecule has 4 N–H and O–H groups in total. The Labute approximate surface area is 114 Å². The van der Waals surface area contributed by atoms with Crippen molar-refractivity contribution in [2.45, 2.75) is 12.5 Å². The van der Waals surface area contributed by atoms with Crippen LogP contribution in [0.1, 0.15) is 10.4 Å². The summed E-state index contributed by atoms with van der Waals surface area (Å²) in [4.78, 5) is 11.9. The topological polar surface area (TPSA) is 93.8 Å². The zero-order chi connectivity index (χ0) is 15.3. The van der Waals surface area contributed by atoms with Crippen LogP contribution in [0.15, 0.2) is 12.1 Å². The van der Waals surface area contributed by atoms with E-state index in [1.165, 1.54) is 26.4 Å². The summed E-state index contributed by atoms with van der Waals surface area (Å²) in [5, 5.41) is 11.1. The van der Waals surface area contributed by atoms with Crippen LogP contribution in [0, 0.1) is 0 Å². The Morgan fingerprint density at radius 2 is 2.05 bits per heavy atom. The fourth-order valence-electron chi connectivity index (χ4n) is 1.46. The summed E-state index contributed by atoms with van der Waals surface area (Å²) < 4.78 is 34.2. The second kappa shape index (κ2) is 6.90. The molecule has 0 heterocycles. The number of nitrogen functional groups attached to an aromatic ring is 1. The van der Waals surface area contributed by atoms with Gasteiger partial charge in [-0.1, -0.05) is 0 Å². The third-order valence-electron chi connectivity index (χ3n) is 2.58. The molecular formula is C12H16F2N2O4. The first-order valence-corrected chi connectivity index (χ1v) is 5.66. The van der Waals surface area contributed by atoms with E-state index in [0.717, 1.165) is 0 Å². The summed E-state index contributed by atoms with van der Waals surface area (Å²) >= 11 is 0. The Kier molecular flexibility index (Phi) is 5.51. The number of hydrogen-bond donors (Lipinski definition) is 3. The van der Waals surface area contributed by atoms with E-state index >= 15 is 0 Å². The third kappa shape index (κ3) is 3.70. The van der Waals surface area contributed by atoms with E-state index in [4.69, 9.17) is 20.3 Å². The lowest BCUT2D eigenvalue weighted by atomic mass is 10.1. The zero-order valence-electron chi connectivity index (χ0n) is 11.0. The first-order chi connectivity index (χ1) is 9.40. The minimum Gasteiger partial charge on any atom is -0.497 e. The van der Waals surface area contributed by atoms with Gasteiger partial charge in [0.2, 0.25) is 0 Å². The van der Waals surface area contributed by atoms with Gasteiger partial charge in [-0.05, 0) is 6.07 Å². The average Bonchev–Trinajstić information content (AvgIpc) is 2.44. The summed E-state index contributed by atoms with van der Waals surface area (Å²) in [6.07, 6.45) is -4.87. The number of amides is 1. The molecule has 0 aliphatic rings. The van der Waals surface area contributed by atoms with Crippen LogP contribution in [-0.2, 0) is 0 Å². The molecule has 8 heteroatoms. The van der Waals surface area contributed by atoms with Crippen molar-refractivity contribution in [3.05, 3.63) is 17.7 Å². The fraction of sp³-hybridized carbons (Fsp3) is 0.417. The number of benzene rings is 1. The molecule has 0 saturated carbocycles. The Bertz CT molecular complexity index is 483. The molecule has 20 heavy (non-hydrogen) atoms. The van der Waals surface area contributed by atoms with Gasteiger partial charge >= 0.3 is 0 Å². The minimum absolute atomic E-state index is 0.0164. The Hall–Kier alpha value is -2.09. The lowest BCUT2D eigenvalue weighted by Gasteiger charge is -2.14. The monoisotopic (exact) mass is 290 g/mol. The van der Waals surface area contributed by atoms with E-state index in [1.807, 2.05) is 0 Å². The van der Waals surface area contributed by atoms with Gasteiger partial charge in [0.15, 0.2) is 0 Å². The minimum atomic E-state index is -2.94. The van der Waals surface area contributed by atoms with E-state index in [1.54, 1.807) is 0 Å². The smallest absolute Gasteiger partial charge is 0.265 e. The summed E-state index contributed by atoms with van der Waals surface area (Å²) in [5.41, 5.74) is 5.80. The largest absolute Gasteiger partial charge is 0.497 e. The molecular weight excluding hydrogens is 274 g/mol. The van der Waals surface area contributed by atoms with Gasteiger partial charge in [0.1, 0.15) is 17.6 Å². The first kappa shape index (κ1) is 16.0. The van der Waals surface area contributed by atoms with Crippen LogP contribution in [0.4, 0.5) is 14.5 Å². The number of hydrogen-bond acceptors (Lipinski definition) is 5. The maximum absolute atomic E-state index is 12.1. The Morgan fingerprint density at radius 3 is 2.55 bits per heavy atom. The van der Waals surface area contributed by atoms with E-state index < -0.39 is 25.0 Å². The number of anilines is 1. The zero-order valence-corrected chi connectivity index (χ0v) is 11.0. The fourth-order valence-corrected chi connectivity index (χ4v) is 1.46. The quantitative estimate of drug-likeness (QED) is 0.669. The van der Waals surface area contributed by atoms with Crippen molar-refractivity contribution in [2.75, 3.05) is 26.5 Å². The highest BCUT2D eigenvalue weighted by Crippen LogP contribution is 2.30. The van der Waals surface area contributed by atoms with Crippen LogP contribution in [0.2, 0.25) is 0 Å². The summed E-state index contributed by atoms with van der Waals surface area (Å²) in [6, 6.07) is 2.84. The van der Waals surface area contributed by atoms with E-state index in [2.05, 4.69) is 5.32 Å².